The smallest absolute Gasteiger partial charge is 0.241 e. The molecule has 0 heterocycles. The first-order chi connectivity index (χ1) is 7.41. The van der Waals surface area contributed by atoms with Gasteiger partial charge in [-0.25, -0.2) is 0 Å². The number of phenols is 1. The Morgan fingerprint density at radius 2 is 2.06 bits per heavy atom. The van der Waals surface area contributed by atoms with Crippen LogP contribution >= 0.6 is 0 Å². The number of amides is 1. The number of aromatic hydroxyl groups is 1. The van der Waals surface area contributed by atoms with Crippen molar-refractivity contribution in [3.8, 4) is 5.75 Å². The molecule has 1 amide bonds. The minimum atomic E-state index is -0.520. The maximum atomic E-state index is 11.7. The van der Waals surface area contributed by atoms with Gasteiger partial charge in [-0.1, -0.05) is 13.8 Å². The average molecular weight is 222 g/mol. The van der Waals surface area contributed by atoms with E-state index >= 15 is 0 Å². The minimum absolute atomic E-state index is 0.0948. The fraction of sp³-hybridized carbons (Fsp3) is 0.417. The number of anilines is 1. The molecule has 0 aromatic heterocycles. The Kier molecular flexibility index (Phi) is 3.90. The van der Waals surface area contributed by atoms with E-state index in [1.54, 1.807) is 12.1 Å². The van der Waals surface area contributed by atoms with Crippen molar-refractivity contribution in [2.75, 3.05) is 5.32 Å². The van der Waals surface area contributed by atoms with Gasteiger partial charge in [0.15, 0.2) is 0 Å². The van der Waals surface area contributed by atoms with E-state index < -0.39 is 6.04 Å². The number of rotatable bonds is 3. The second-order valence-corrected chi connectivity index (χ2v) is 4.26. The topological polar surface area (TPSA) is 75.3 Å². The number of aryl methyl sites for hydroxylation is 1. The third-order valence-electron chi connectivity index (χ3n) is 2.49. The molecule has 4 N–H and O–H groups in total. The van der Waals surface area contributed by atoms with Crippen LogP contribution in [0.3, 0.4) is 0 Å². The lowest BCUT2D eigenvalue weighted by atomic mass is 10.0. The first-order valence-electron chi connectivity index (χ1n) is 5.28. The van der Waals surface area contributed by atoms with Gasteiger partial charge in [0.2, 0.25) is 5.91 Å². The van der Waals surface area contributed by atoms with E-state index in [0.29, 0.717) is 5.69 Å². The lowest BCUT2D eigenvalue weighted by molar-refractivity contribution is -0.118. The van der Waals surface area contributed by atoms with Gasteiger partial charge in [0.1, 0.15) is 5.75 Å². The second-order valence-electron chi connectivity index (χ2n) is 4.26. The van der Waals surface area contributed by atoms with Gasteiger partial charge in [-0.05, 0) is 36.6 Å². The molecular formula is C12H18N2O2. The van der Waals surface area contributed by atoms with Crippen molar-refractivity contribution in [3.63, 3.8) is 0 Å². The minimum Gasteiger partial charge on any atom is -0.508 e. The van der Waals surface area contributed by atoms with Gasteiger partial charge in [0.05, 0.1) is 6.04 Å². The van der Waals surface area contributed by atoms with Gasteiger partial charge in [-0.2, -0.15) is 0 Å². The van der Waals surface area contributed by atoms with Gasteiger partial charge in [0, 0.05) is 5.69 Å². The summed E-state index contributed by atoms with van der Waals surface area (Å²) in [4.78, 5) is 11.7. The van der Waals surface area contributed by atoms with Gasteiger partial charge < -0.3 is 16.2 Å². The molecule has 1 atom stereocenters. The number of carbonyl (C=O) groups excluding carboxylic acids is 1. The molecule has 16 heavy (non-hydrogen) atoms. The fourth-order valence-corrected chi connectivity index (χ4v) is 1.31. The van der Waals surface area contributed by atoms with Gasteiger partial charge in [0.25, 0.3) is 0 Å². The highest BCUT2D eigenvalue weighted by atomic mass is 16.3. The van der Waals surface area contributed by atoms with Gasteiger partial charge >= 0.3 is 0 Å². The van der Waals surface area contributed by atoms with Crippen LogP contribution < -0.4 is 11.1 Å². The standard InChI is InChI=1S/C12H18N2O2/c1-7(2)11(13)12(16)14-10-5-4-9(15)6-8(10)3/h4-7,11,15H,13H2,1-3H3,(H,14,16)/t11-/m1/s1. The van der Waals surface area contributed by atoms with Crippen LogP contribution in [0.2, 0.25) is 0 Å². The van der Waals surface area contributed by atoms with Crippen LogP contribution in [0.1, 0.15) is 19.4 Å². The number of benzene rings is 1. The fourth-order valence-electron chi connectivity index (χ4n) is 1.31. The molecular weight excluding hydrogens is 204 g/mol. The maximum Gasteiger partial charge on any atom is 0.241 e. The first-order valence-corrected chi connectivity index (χ1v) is 5.28. The summed E-state index contributed by atoms with van der Waals surface area (Å²) in [6.45, 7) is 5.61. The Labute approximate surface area is 95.5 Å². The monoisotopic (exact) mass is 222 g/mol. The van der Waals surface area contributed by atoms with Crippen molar-refractivity contribution in [3.05, 3.63) is 23.8 Å². The molecule has 1 rings (SSSR count). The Hall–Kier alpha value is -1.55. The van der Waals surface area contributed by atoms with Crippen LogP contribution in [0.5, 0.6) is 5.75 Å². The zero-order chi connectivity index (χ0) is 12.3. The molecule has 1 aromatic carbocycles. The summed E-state index contributed by atoms with van der Waals surface area (Å²) in [5, 5.41) is 12.0. The predicted molar refractivity (Wildman–Crippen MR) is 64.3 cm³/mol. The molecule has 0 unspecified atom stereocenters. The molecule has 0 radical (unpaired) electrons. The summed E-state index contributed by atoms with van der Waals surface area (Å²) in [5.74, 6) is 0.0740. The highest BCUT2D eigenvalue weighted by Gasteiger charge is 2.17. The van der Waals surface area contributed by atoms with Crippen LogP contribution in [-0.4, -0.2) is 17.1 Å². The van der Waals surface area contributed by atoms with E-state index in [-0.39, 0.29) is 17.6 Å². The van der Waals surface area contributed by atoms with Crippen LogP contribution in [0.4, 0.5) is 5.69 Å². The van der Waals surface area contributed by atoms with E-state index in [1.807, 2.05) is 20.8 Å². The van der Waals surface area contributed by atoms with Crippen molar-refractivity contribution < 1.29 is 9.90 Å². The van der Waals surface area contributed by atoms with Gasteiger partial charge in [-0.3, -0.25) is 4.79 Å². The summed E-state index contributed by atoms with van der Waals surface area (Å²) in [6, 6.07) is 4.27. The Bertz CT molecular complexity index is 389. The largest absolute Gasteiger partial charge is 0.508 e. The number of nitrogens with one attached hydrogen (secondary N) is 1. The van der Waals surface area contributed by atoms with Crippen molar-refractivity contribution in [2.45, 2.75) is 26.8 Å². The van der Waals surface area contributed by atoms with Crippen LogP contribution in [-0.2, 0) is 4.79 Å². The molecule has 1 aromatic rings. The van der Waals surface area contributed by atoms with E-state index in [0.717, 1.165) is 5.56 Å². The summed E-state index contributed by atoms with van der Waals surface area (Å²) in [5.41, 5.74) is 7.22. The zero-order valence-corrected chi connectivity index (χ0v) is 9.82. The molecule has 0 fully saturated rings. The van der Waals surface area contributed by atoms with E-state index in [4.69, 9.17) is 5.73 Å². The number of carbonyl (C=O) groups is 1. The predicted octanol–water partition coefficient (Wildman–Crippen LogP) is 1.62. The second kappa shape index (κ2) is 4.99. The number of hydrogen-bond donors (Lipinski definition) is 3. The van der Waals surface area contributed by atoms with Crippen LogP contribution in [0.25, 0.3) is 0 Å². The third kappa shape index (κ3) is 2.97. The lowest BCUT2D eigenvalue weighted by Gasteiger charge is -2.16. The summed E-state index contributed by atoms with van der Waals surface area (Å²) >= 11 is 0. The number of phenolic OH excluding ortho intramolecular Hbond substituents is 1. The van der Waals surface area contributed by atoms with E-state index in [1.165, 1.54) is 6.07 Å². The van der Waals surface area contributed by atoms with Crippen LogP contribution in [0.15, 0.2) is 18.2 Å². The summed E-state index contributed by atoms with van der Waals surface area (Å²) in [6.07, 6.45) is 0. The number of nitrogens with two attached hydrogens (primary N) is 1. The molecule has 0 spiro atoms. The quantitative estimate of drug-likeness (QED) is 0.680. The normalized spacial score (nSPS) is 12.6. The van der Waals surface area contributed by atoms with Gasteiger partial charge in [-0.15, -0.1) is 0 Å². The molecule has 0 saturated heterocycles. The molecule has 0 aliphatic carbocycles. The Morgan fingerprint density at radius 1 is 1.44 bits per heavy atom. The lowest BCUT2D eigenvalue weighted by Crippen LogP contribution is -2.39. The summed E-state index contributed by atoms with van der Waals surface area (Å²) in [7, 11) is 0. The first kappa shape index (κ1) is 12.5. The Morgan fingerprint density at radius 3 is 2.56 bits per heavy atom. The molecule has 0 aliphatic heterocycles. The van der Waals surface area contributed by atoms with Crippen molar-refractivity contribution in [1.82, 2.24) is 0 Å². The van der Waals surface area contributed by atoms with Crippen molar-refractivity contribution in [2.24, 2.45) is 11.7 Å². The molecule has 4 heteroatoms. The molecule has 0 bridgehead atoms. The van der Waals surface area contributed by atoms with E-state index in [2.05, 4.69) is 5.32 Å². The average Bonchev–Trinajstić information content (AvgIpc) is 2.20. The maximum absolute atomic E-state index is 11.7. The van der Waals surface area contributed by atoms with Crippen molar-refractivity contribution in [1.29, 1.82) is 0 Å². The van der Waals surface area contributed by atoms with E-state index in [9.17, 15) is 9.90 Å². The number of hydrogen-bond acceptors (Lipinski definition) is 3. The zero-order valence-electron chi connectivity index (χ0n) is 9.82. The highest BCUT2D eigenvalue weighted by Crippen LogP contribution is 2.20. The molecule has 4 nitrogen and oxygen atoms in total. The van der Waals surface area contributed by atoms with Crippen LogP contribution in [0, 0.1) is 12.8 Å². The van der Waals surface area contributed by atoms with Crippen molar-refractivity contribution >= 4 is 11.6 Å². The SMILES string of the molecule is Cc1cc(O)ccc1NC(=O)[C@H](N)C(C)C. The molecule has 0 saturated carbocycles. The third-order valence-corrected chi connectivity index (χ3v) is 2.49. The highest BCUT2D eigenvalue weighted by molar-refractivity contribution is 5.95. The Balaban J connectivity index is 2.77. The molecule has 88 valence electrons. The molecule has 0 aliphatic rings. The summed E-state index contributed by atoms with van der Waals surface area (Å²) < 4.78 is 0.